The van der Waals surface area contributed by atoms with E-state index in [9.17, 15) is 0 Å². The third kappa shape index (κ3) is 2.31. The molecule has 0 spiro atoms. The predicted octanol–water partition coefficient (Wildman–Crippen LogP) is 1.29. The number of hydrogen-bond acceptors (Lipinski definition) is 4. The second kappa shape index (κ2) is 4.24. The van der Waals surface area contributed by atoms with Gasteiger partial charge < -0.3 is 5.32 Å². The summed E-state index contributed by atoms with van der Waals surface area (Å²) in [4.78, 5) is 3.95. The first-order valence-electron chi connectivity index (χ1n) is 4.47. The predicted molar refractivity (Wildman–Crippen MR) is 54.9 cm³/mol. The van der Waals surface area contributed by atoms with Crippen molar-refractivity contribution in [3.63, 3.8) is 0 Å². The largest absolute Gasteiger partial charge is 0.378 e. The highest BCUT2D eigenvalue weighted by Crippen LogP contribution is 2.06. The second-order valence-corrected chi connectivity index (χ2v) is 2.98. The number of H-pyrrole nitrogens is 1. The molecule has 2 aromatic heterocycles. The summed E-state index contributed by atoms with van der Waals surface area (Å²) in [6, 6.07) is 7.36. The monoisotopic (exact) mass is 199 g/mol. The lowest BCUT2D eigenvalue weighted by atomic mass is 10.3. The van der Waals surface area contributed by atoms with Crippen LogP contribution in [0.15, 0.2) is 30.6 Å². The molecule has 0 aliphatic rings. The molecule has 5 heteroatoms. The number of hydrogen-bond donors (Lipinski definition) is 2. The third-order valence-corrected chi connectivity index (χ3v) is 1.92. The molecule has 2 aromatic rings. The van der Waals surface area contributed by atoms with Gasteiger partial charge in [0, 0.05) is 6.20 Å². The molecule has 2 rings (SSSR count). The smallest absolute Gasteiger partial charge is 0.140 e. The molecule has 74 valence electrons. The minimum atomic E-state index is 0.419. The van der Waals surface area contributed by atoms with E-state index >= 15 is 0 Å². The first kappa shape index (κ1) is 9.21. The van der Waals surface area contributed by atoms with E-state index in [0.29, 0.717) is 12.2 Å². The van der Waals surface area contributed by atoms with Crippen molar-refractivity contribution in [2.75, 3.05) is 5.32 Å². The Kier molecular flexibility index (Phi) is 2.61. The first-order chi connectivity index (χ1) is 7.38. The fourth-order valence-corrected chi connectivity index (χ4v) is 1.14. The first-order valence-corrected chi connectivity index (χ1v) is 4.47. The van der Waals surface area contributed by atoms with Crippen molar-refractivity contribution in [2.45, 2.75) is 6.54 Å². The fraction of sp³-hybridized carbons (Fsp3) is 0.100. The maximum absolute atomic E-state index is 8.56. The molecule has 0 amide bonds. The molecule has 0 bridgehead atoms. The maximum Gasteiger partial charge on any atom is 0.140 e. The lowest BCUT2D eigenvalue weighted by Crippen LogP contribution is -2.00. The molecule has 0 saturated carbocycles. The van der Waals surface area contributed by atoms with Crippen molar-refractivity contribution < 1.29 is 0 Å². The summed E-state index contributed by atoms with van der Waals surface area (Å²) in [6.45, 7) is 0.660. The Balaban J connectivity index is 1.97. The molecule has 2 N–H and O–H groups in total. The fourth-order valence-electron chi connectivity index (χ4n) is 1.14. The maximum atomic E-state index is 8.56. The standard InChI is InChI=1S/C10H9N5/c11-5-8-1-2-9(6-12-8)13-7-10-3-4-14-15-10/h1-4,6,13H,7H2,(H,14,15). The van der Waals surface area contributed by atoms with Gasteiger partial charge in [-0.1, -0.05) is 0 Å². The lowest BCUT2D eigenvalue weighted by molar-refractivity contribution is 0.980. The summed E-state index contributed by atoms with van der Waals surface area (Å²) in [5, 5.41) is 18.4. The molecule has 0 aromatic carbocycles. The van der Waals surface area contributed by atoms with E-state index in [1.54, 1.807) is 18.5 Å². The molecular weight excluding hydrogens is 190 g/mol. The summed E-state index contributed by atoms with van der Waals surface area (Å²) < 4.78 is 0. The van der Waals surface area contributed by atoms with Gasteiger partial charge in [-0.05, 0) is 18.2 Å². The van der Waals surface area contributed by atoms with Gasteiger partial charge in [0.25, 0.3) is 0 Å². The van der Waals surface area contributed by atoms with E-state index in [2.05, 4.69) is 20.5 Å². The van der Waals surface area contributed by atoms with Gasteiger partial charge in [-0.2, -0.15) is 10.4 Å². The second-order valence-electron chi connectivity index (χ2n) is 2.98. The van der Waals surface area contributed by atoms with Crippen molar-refractivity contribution in [2.24, 2.45) is 0 Å². The summed E-state index contributed by atoms with van der Waals surface area (Å²) >= 11 is 0. The van der Waals surface area contributed by atoms with E-state index < -0.39 is 0 Å². The summed E-state index contributed by atoms with van der Waals surface area (Å²) in [7, 11) is 0. The van der Waals surface area contributed by atoms with E-state index in [-0.39, 0.29) is 0 Å². The molecule has 0 radical (unpaired) electrons. The zero-order valence-corrected chi connectivity index (χ0v) is 7.94. The number of nitrogens with one attached hydrogen (secondary N) is 2. The van der Waals surface area contributed by atoms with Crippen LogP contribution in [0.1, 0.15) is 11.4 Å². The molecule has 15 heavy (non-hydrogen) atoms. The van der Waals surface area contributed by atoms with Crippen LogP contribution in [0.4, 0.5) is 5.69 Å². The number of nitrogens with zero attached hydrogens (tertiary/aromatic N) is 3. The number of nitriles is 1. The summed E-state index contributed by atoms with van der Waals surface area (Å²) in [5.74, 6) is 0. The average Bonchev–Trinajstić information content (AvgIpc) is 2.80. The molecule has 0 fully saturated rings. The Morgan fingerprint density at radius 1 is 1.40 bits per heavy atom. The van der Waals surface area contributed by atoms with E-state index in [0.717, 1.165) is 11.4 Å². The van der Waals surface area contributed by atoms with Gasteiger partial charge in [-0.3, -0.25) is 5.10 Å². The van der Waals surface area contributed by atoms with Crippen molar-refractivity contribution in [1.29, 1.82) is 5.26 Å². The molecule has 5 nitrogen and oxygen atoms in total. The summed E-state index contributed by atoms with van der Waals surface area (Å²) in [6.07, 6.45) is 3.34. The SMILES string of the molecule is N#Cc1ccc(NCc2ccn[nH]2)cn1. The molecule has 0 aliphatic heterocycles. The Hall–Kier alpha value is -2.35. The normalized spacial score (nSPS) is 9.53. The van der Waals surface area contributed by atoms with Crippen LogP contribution in [-0.4, -0.2) is 15.2 Å². The Morgan fingerprint density at radius 3 is 2.93 bits per heavy atom. The van der Waals surface area contributed by atoms with E-state index in [4.69, 9.17) is 5.26 Å². The number of pyridine rings is 1. The zero-order chi connectivity index (χ0) is 10.5. The van der Waals surface area contributed by atoms with Crippen LogP contribution >= 0.6 is 0 Å². The molecular formula is C10H9N5. The zero-order valence-electron chi connectivity index (χ0n) is 7.94. The number of aromatic nitrogens is 3. The molecule has 0 saturated heterocycles. The van der Waals surface area contributed by atoms with Gasteiger partial charge in [0.15, 0.2) is 0 Å². The molecule has 0 unspecified atom stereocenters. The lowest BCUT2D eigenvalue weighted by Gasteiger charge is -2.03. The van der Waals surface area contributed by atoms with Gasteiger partial charge in [-0.25, -0.2) is 4.98 Å². The highest BCUT2D eigenvalue weighted by Gasteiger charge is 1.95. The number of anilines is 1. The number of aromatic amines is 1. The van der Waals surface area contributed by atoms with Gasteiger partial charge in [0.2, 0.25) is 0 Å². The van der Waals surface area contributed by atoms with Gasteiger partial charge in [-0.15, -0.1) is 0 Å². The van der Waals surface area contributed by atoms with Gasteiger partial charge in [0.1, 0.15) is 11.8 Å². The molecule has 0 atom stereocenters. The highest BCUT2D eigenvalue weighted by atomic mass is 15.1. The Labute approximate surface area is 86.8 Å². The summed E-state index contributed by atoms with van der Waals surface area (Å²) in [5.41, 5.74) is 2.30. The van der Waals surface area contributed by atoms with Crippen LogP contribution in [0.25, 0.3) is 0 Å². The third-order valence-electron chi connectivity index (χ3n) is 1.92. The van der Waals surface area contributed by atoms with E-state index in [1.165, 1.54) is 0 Å². The van der Waals surface area contributed by atoms with Crippen molar-refractivity contribution in [3.05, 3.63) is 42.0 Å². The minimum Gasteiger partial charge on any atom is -0.378 e. The molecule has 0 aliphatic carbocycles. The average molecular weight is 199 g/mol. The quantitative estimate of drug-likeness (QED) is 0.780. The number of rotatable bonds is 3. The van der Waals surface area contributed by atoms with Crippen molar-refractivity contribution >= 4 is 5.69 Å². The van der Waals surface area contributed by atoms with Gasteiger partial charge in [0.05, 0.1) is 24.1 Å². The van der Waals surface area contributed by atoms with Crippen LogP contribution < -0.4 is 5.32 Å². The topological polar surface area (TPSA) is 77.4 Å². The molecule has 2 heterocycles. The van der Waals surface area contributed by atoms with Crippen molar-refractivity contribution in [1.82, 2.24) is 15.2 Å². The highest BCUT2D eigenvalue weighted by molar-refractivity contribution is 5.42. The van der Waals surface area contributed by atoms with Crippen LogP contribution in [-0.2, 0) is 6.54 Å². The minimum absolute atomic E-state index is 0.419. The van der Waals surface area contributed by atoms with E-state index in [1.807, 2.05) is 18.2 Å². The Bertz CT molecular complexity index is 452. The Morgan fingerprint density at radius 2 is 2.33 bits per heavy atom. The van der Waals surface area contributed by atoms with Crippen LogP contribution in [0.2, 0.25) is 0 Å². The van der Waals surface area contributed by atoms with Crippen LogP contribution in [0, 0.1) is 11.3 Å². The van der Waals surface area contributed by atoms with Crippen LogP contribution in [0.3, 0.4) is 0 Å². The van der Waals surface area contributed by atoms with Crippen molar-refractivity contribution in [3.8, 4) is 6.07 Å². The van der Waals surface area contributed by atoms with Gasteiger partial charge >= 0.3 is 0 Å². The van der Waals surface area contributed by atoms with Crippen LogP contribution in [0.5, 0.6) is 0 Å².